The predicted molar refractivity (Wildman–Crippen MR) is 167 cm³/mol. The van der Waals surface area contributed by atoms with Crippen LogP contribution >= 0.6 is 0 Å². The van der Waals surface area contributed by atoms with E-state index >= 15 is 0 Å². The van der Waals surface area contributed by atoms with Crippen LogP contribution in [0.15, 0.2) is 0 Å². The average molecular weight is 670 g/mol. The van der Waals surface area contributed by atoms with E-state index in [1.54, 1.807) is 0 Å². The van der Waals surface area contributed by atoms with Gasteiger partial charge in [-0.2, -0.15) is 0 Å². The van der Waals surface area contributed by atoms with Gasteiger partial charge in [0, 0.05) is 13.2 Å². The number of carboxylic acids is 5. The van der Waals surface area contributed by atoms with Crippen LogP contribution in [0.1, 0.15) is 77.6 Å². The van der Waals surface area contributed by atoms with E-state index in [0.717, 1.165) is 58.0 Å². The molecule has 0 spiro atoms. The van der Waals surface area contributed by atoms with E-state index in [9.17, 15) is 28.8 Å². The number of urea groups is 1. The van der Waals surface area contributed by atoms with Gasteiger partial charge in [-0.25, -0.2) is 4.79 Å². The van der Waals surface area contributed by atoms with Crippen molar-refractivity contribution in [1.29, 1.82) is 0 Å². The number of aliphatic carboxylic acids is 5. The molecule has 2 amide bonds. The van der Waals surface area contributed by atoms with E-state index in [4.69, 9.17) is 53.6 Å². The molecule has 270 valence electrons. The Bertz CT molecular complexity index is 870. The highest BCUT2D eigenvalue weighted by Crippen LogP contribution is 2.06. The summed E-state index contributed by atoms with van der Waals surface area (Å²) in [6, 6.07) is -3.60. The lowest BCUT2D eigenvalue weighted by molar-refractivity contribution is -0.140. The summed E-state index contributed by atoms with van der Waals surface area (Å²) in [5.41, 5.74) is 20.1. The molecule has 0 aromatic carbocycles. The van der Waals surface area contributed by atoms with Crippen LogP contribution in [0.25, 0.3) is 0 Å². The van der Waals surface area contributed by atoms with Crippen LogP contribution in [0.5, 0.6) is 0 Å². The van der Waals surface area contributed by atoms with Crippen LogP contribution in [-0.4, -0.2) is 123 Å². The second-order valence-corrected chi connectivity index (χ2v) is 10.2. The van der Waals surface area contributed by atoms with E-state index in [2.05, 4.69) is 16.0 Å². The summed E-state index contributed by atoms with van der Waals surface area (Å²) in [4.78, 5) is 60.7. The number of amides is 2. The summed E-state index contributed by atoms with van der Waals surface area (Å²) in [7, 11) is 0. The van der Waals surface area contributed by atoms with Crippen molar-refractivity contribution in [2.75, 3.05) is 26.2 Å². The van der Waals surface area contributed by atoms with Crippen molar-refractivity contribution in [1.82, 2.24) is 16.0 Å². The number of primary amides is 1. The van der Waals surface area contributed by atoms with E-state index < -0.39 is 54.0 Å². The second-order valence-electron chi connectivity index (χ2n) is 10.2. The SMILES string of the molecule is CCCCC(N)C(=O)O.NC(=O)NCCCC(N)C(=O)O.NC(CCO)C(=O)O.O=C(O)C1CCCCN1.O=C(O)C1CCCN1. The Morgan fingerprint density at radius 3 is 1.39 bits per heavy atom. The molecule has 5 unspecified atom stereocenters. The maximum Gasteiger partial charge on any atom is 0.320 e. The Kier molecular flexibility index (Phi) is 30.6. The molecular weight excluding hydrogens is 614 g/mol. The highest BCUT2D eigenvalue weighted by Gasteiger charge is 2.20. The first kappa shape index (κ1) is 46.8. The standard InChI is InChI=1S/C6H13N3O3.C6H11NO2.C6H13NO2.C5H9NO2.C4H9NO3/c7-4(5(10)11)2-1-3-9-6(8)12;8-6(9)5-3-1-2-4-7-5;1-2-3-4-5(7)6(8)9;7-5(8)4-2-1-3-6-4;5-3(1-2-6)4(7)8/h4H,1-3,7H2,(H,10,11)(H3,8,9,12);5,7H,1-4H2,(H,8,9);5H,2-4,7H2,1H3,(H,8,9);4,6H,1-3H2,(H,7,8);3,6H,1-2,5H2,(H,7,8). The number of nitrogens with two attached hydrogens (primary N) is 4. The highest BCUT2D eigenvalue weighted by molar-refractivity contribution is 5.74. The van der Waals surface area contributed by atoms with Crippen molar-refractivity contribution in [3.8, 4) is 0 Å². The fourth-order valence-electron chi connectivity index (χ4n) is 3.43. The summed E-state index contributed by atoms with van der Waals surface area (Å²) >= 11 is 0. The van der Waals surface area contributed by atoms with Gasteiger partial charge in [0.1, 0.15) is 30.2 Å². The largest absolute Gasteiger partial charge is 0.480 e. The van der Waals surface area contributed by atoms with Crippen LogP contribution in [0.2, 0.25) is 0 Å². The minimum atomic E-state index is -1.07. The van der Waals surface area contributed by atoms with E-state index in [1.807, 2.05) is 6.92 Å². The lowest BCUT2D eigenvalue weighted by Crippen LogP contribution is -2.40. The van der Waals surface area contributed by atoms with E-state index in [1.165, 1.54) is 0 Å². The third-order valence-electron chi connectivity index (χ3n) is 6.22. The first-order chi connectivity index (χ1) is 21.5. The van der Waals surface area contributed by atoms with Crippen LogP contribution < -0.4 is 38.9 Å². The zero-order valence-electron chi connectivity index (χ0n) is 26.4. The first-order valence-electron chi connectivity index (χ1n) is 15.0. The number of unbranched alkanes of at least 4 members (excludes halogenated alkanes) is 1. The number of piperidine rings is 1. The fraction of sp³-hybridized carbons (Fsp3) is 0.778. The number of carbonyl (C=O) groups excluding carboxylic acids is 1. The van der Waals surface area contributed by atoms with Gasteiger partial charge in [0.15, 0.2) is 0 Å². The number of hydrogen-bond donors (Lipinski definition) is 13. The van der Waals surface area contributed by atoms with Gasteiger partial charge in [-0.15, -0.1) is 0 Å². The molecule has 0 aromatic heterocycles. The molecule has 2 heterocycles. The van der Waals surface area contributed by atoms with Gasteiger partial charge in [-0.05, 0) is 64.5 Å². The molecule has 2 aliphatic heterocycles. The normalized spacial score (nSPS) is 18.4. The van der Waals surface area contributed by atoms with Gasteiger partial charge >= 0.3 is 35.9 Å². The molecule has 0 bridgehead atoms. The summed E-state index contributed by atoms with van der Waals surface area (Å²) in [6.45, 7) is 3.91. The molecule has 17 N–H and O–H groups in total. The van der Waals surface area contributed by atoms with Gasteiger partial charge in [-0.1, -0.05) is 26.2 Å². The molecule has 19 heteroatoms. The third-order valence-corrected chi connectivity index (χ3v) is 6.22. The van der Waals surface area contributed by atoms with Gasteiger partial charge in [0.25, 0.3) is 0 Å². The molecule has 5 atom stereocenters. The Balaban J connectivity index is -0.000000506. The van der Waals surface area contributed by atoms with Gasteiger partial charge in [0.05, 0.1) is 0 Å². The maximum atomic E-state index is 10.3. The van der Waals surface area contributed by atoms with Crippen LogP contribution in [0, 0.1) is 0 Å². The molecule has 0 radical (unpaired) electrons. The first-order valence-corrected chi connectivity index (χ1v) is 15.0. The fourth-order valence-corrected chi connectivity index (χ4v) is 3.43. The highest BCUT2D eigenvalue weighted by atomic mass is 16.4. The second kappa shape index (κ2) is 30.1. The Labute approximate surface area is 268 Å². The third kappa shape index (κ3) is 30.4. The predicted octanol–water partition coefficient (Wildman–Crippen LogP) is -1.75. The van der Waals surface area contributed by atoms with Gasteiger partial charge < -0.3 is 69.5 Å². The molecule has 19 nitrogen and oxygen atoms in total. The zero-order valence-corrected chi connectivity index (χ0v) is 26.4. The van der Waals surface area contributed by atoms with Crippen molar-refractivity contribution >= 4 is 35.9 Å². The molecule has 0 aromatic rings. The molecule has 2 aliphatic rings. The Morgan fingerprint density at radius 1 is 0.696 bits per heavy atom. The Hall–Kier alpha value is -3.62. The van der Waals surface area contributed by atoms with E-state index in [0.29, 0.717) is 25.8 Å². The summed E-state index contributed by atoms with van der Waals surface area (Å²) in [6.07, 6.45) is 8.18. The number of aliphatic hydroxyl groups excluding tert-OH is 1. The minimum Gasteiger partial charge on any atom is -0.480 e. The summed E-state index contributed by atoms with van der Waals surface area (Å²) in [5.74, 6) is -4.44. The quantitative estimate of drug-likeness (QED) is 0.0911. The monoisotopic (exact) mass is 669 g/mol. The maximum absolute atomic E-state index is 10.3. The Morgan fingerprint density at radius 2 is 1.11 bits per heavy atom. The number of aliphatic hydroxyl groups is 1. The summed E-state index contributed by atoms with van der Waals surface area (Å²) in [5, 5.41) is 57.8. The average Bonchev–Trinajstić information content (AvgIpc) is 3.55. The van der Waals surface area contributed by atoms with Gasteiger partial charge in [0.2, 0.25) is 0 Å². The zero-order chi connectivity index (χ0) is 36.1. The number of hydrogen-bond acceptors (Lipinski definition) is 12. The van der Waals surface area contributed by atoms with Crippen LogP contribution in [0.4, 0.5) is 4.79 Å². The van der Waals surface area contributed by atoms with E-state index in [-0.39, 0.29) is 25.1 Å². The number of carbonyl (C=O) groups is 6. The molecule has 2 saturated heterocycles. The van der Waals surface area contributed by atoms with Crippen molar-refractivity contribution in [3.05, 3.63) is 0 Å². The van der Waals surface area contributed by atoms with Gasteiger partial charge in [-0.3, -0.25) is 24.0 Å². The number of nitrogens with one attached hydrogen (secondary N) is 3. The summed E-state index contributed by atoms with van der Waals surface area (Å²) < 4.78 is 0. The molecule has 2 fully saturated rings. The molecule has 2 rings (SSSR count). The van der Waals surface area contributed by atoms with Crippen molar-refractivity contribution in [2.24, 2.45) is 22.9 Å². The van der Waals surface area contributed by atoms with Crippen LogP contribution in [-0.2, 0) is 24.0 Å². The smallest absolute Gasteiger partial charge is 0.320 e. The van der Waals surface area contributed by atoms with Crippen molar-refractivity contribution < 1.29 is 59.4 Å². The lowest BCUT2D eigenvalue weighted by Gasteiger charge is -2.18. The molecule has 0 saturated carbocycles. The lowest BCUT2D eigenvalue weighted by atomic mass is 10.1. The number of carboxylic acid groups (broad SMARTS) is 5. The minimum absolute atomic E-state index is 0.120. The molecular formula is C27H55N7O12. The van der Waals surface area contributed by atoms with Crippen LogP contribution in [0.3, 0.4) is 0 Å². The van der Waals surface area contributed by atoms with Crippen molar-refractivity contribution in [3.63, 3.8) is 0 Å². The molecule has 46 heavy (non-hydrogen) atoms. The van der Waals surface area contributed by atoms with Crippen molar-refractivity contribution in [2.45, 2.75) is 108 Å². The molecule has 0 aliphatic carbocycles. The number of rotatable bonds is 14. The topological polar surface area (TPSA) is 364 Å².